The Morgan fingerprint density at radius 2 is 1.93 bits per heavy atom. The molecule has 1 aromatic rings. The van der Waals surface area contributed by atoms with Crippen molar-refractivity contribution in [2.24, 2.45) is 45.8 Å². The highest BCUT2D eigenvalue weighted by molar-refractivity contribution is 5.91. The summed E-state index contributed by atoms with van der Waals surface area (Å²) in [5, 5.41) is 3.25. The van der Waals surface area contributed by atoms with Crippen LogP contribution in [0.2, 0.25) is 0 Å². The van der Waals surface area contributed by atoms with E-state index in [-0.39, 0.29) is 16.9 Å². The van der Waals surface area contributed by atoms with E-state index >= 15 is 0 Å². The van der Waals surface area contributed by atoms with Gasteiger partial charge in [0.05, 0.1) is 11.7 Å². The number of hydrogen-bond donors (Lipinski definition) is 1. The summed E-state index contributed by atoms with van der Waals surface area (Å²) in [6, 6.07) is 10.9. The van der Waals surface area contributed by atoms with E-state index in [9.17, 15) is 9.59 Å². The van der Waals surface area contributed by atoms with Crippen molar-refractivity contribution >= 4 is 11.7 Å². The summed E-state index contributed by atoms with van der Waals surface area (Å²) in [6.07, 6.45) is 16.1. The number of likely N-dealkylation sites (tertiary alicyclic amines) is 1. The molecule has 3 unspecified atom stereocenters. The molecular formula is C38H50N2O3. The summed E-state index contributed by atoms with van der Waals surface area (Å²) >= 11 is 0. The number of nitrogens with zero attached hydrogens (tertiary/aromatic N) is 1. The van der Waals surface area contributed by atoms with Crippen LogP contribution in [0.1, 0.15) is 90.0 Å². The molecule has 0 bridgehead atoms. The molecular weight excluding hydrogens is 532 g/mol. The number of benzene rings is 1. The molecule has 1 N–H and O–H groups in total. The summed E-state index contributed by atoms with van der Waals surface area (Å²) < 4.78 is 7.43. The van der Waals surface area contributed by atoms with Crippen molar-refractivity contribution in [2.45, 2.75) is 109 Å². The Bertz CT molecular complexity index is 1370. The lowest BCUT2D eigenvalue weighted by molar-refractivity contribution is -0.211. The summed E-state index contributed by atoms with van der Waals surface area (Å²) in [7, 11) is 0. The number of nitrogens with one attached hydrogen (secondary N) is 1. The van der Waals surface area contributed by atoms with E-state index in [2.05, 4.69) is 42.3 Å². The highest BCUT2D eigenvalue weighted by atomic mass is 16.5. The molecule has 9 rings (SSSR count). The number of amides is 1. The first-order valence-electron chi connectivity index (χ1n) is 17.8. The number of piperidine rings is 1. The van der Waals surface area contributed by atoms with E-state index in [0.29, 0.717) is 47.0 Å². The van der Waals surface area contributed by atoms with E-state index in [1.165, 1.54) is 56.1 Å². The number of aryl methyl sites for hydroxylation is 1. The minimum absolute atomic E-state index is 0.107. The van der Waals surface area contributed by atoms with E-state index in [1.54, 1.807) is 0 Å². The molecule has 11 atom stereocenters. The Balaban J connectivity index is 0.896. The zero-order valence-electron chi connectivity index (χ0n) is 26.3. The van der Waals surface area contributed by atoms with Crippen molar-refractivity contribution < 1.29 is 14.3 Å². The molecule has 1 aromatic carbocycles. The summed E-state index contributed by atoms with van der Waals surface area (Å²) in [5.41, 5.74) is 4.02. The fourth-order valence-electron chi connectivity index (χ4n) is 13.4. The van der Waals surface area contributed by atoms with Crippen molar-refractivity contribution in [3.8, 4) is 0 Å². The van der Waals surface area contributed by atoms with Gasteiger partial charge in [-0.2, -0.15) is 0 Å². The molecule has 0 radical (unpaired) electrons. The van der Waals surface area contributed by atoms with E-state index in [1.807, 2.05) is 18.2 Å². The third-order valence-electron chi connectivity index (χ3n) is 15.1. The van der Waals surface area contributed by atoms with Crippen molar-refractivity contribution in [3.63, 3.8) is 0 Å². The van der Waals surface area contributed by atoms with E-state index in [0.717, 1.165) is 63.1 Å². The Morgan fingerprint density at radius 3 is 2.79 bits per heavy atom. The third kappa shape index (κ3) is 3.59. The van der Waals surface area contributed by atoms with Gasteiger partial charge in [0, 0.05) is 49.9 Å². The summed E-state index contributed by atoms with van der Waals surface area (Å²) in [6.45, 7) is 7.74. The Kier molecular flexibility index (Phi) is 5.90. The number of ether oxygens (including phenoxy) is 1. The highest BCUT2D eigenvalue weighted by Gasteiger charge is 2.91. The molecule has 2 saturated heterocycles. The van der Waals surface area contributed by atoms with Crippen LogP contribution in [-0.4, -0.2) is 54.0 Å². The smallest absolute Gasteiger partial charge is 0.220 e. The lowest BCUT2D eigenvalue weighted by Gasteiger charge is -2.60. The molecule has 5 nitrogen and oxygen atoms in total. The number of hydrogen-bond acceptors (Lipinski definition) is 4. The molecule has 0 aromatic heterocycles. The molecule has 8 aliphatic rings. The van der Waals surface area contributed by atoms with E-state index in [4.69, 9.17) is 4.74 Å². The minimum atomic E-state index is 0.107. The first kappa shape index (κ1) is 27.3. The standard InChI is InChI=1S/C38H50N2O3/c1-24-18-32-34(40(22-24)17-16-39-33(42)11-8-25-6-4-3-5-7-25)31-21-37-23-36(37)20-30-28(29(36)13-15-38(31,37)43-32)10-9-26-19-27(41)12-14-35(26,30)2/h3-7,19,24,28-32,34H,8-18,20-23H2,1-2H3,(H,39,42)/t24-,28-,29-,30-,31+,32+,34-,35?,36?,37?,38+/m0/s1. The van der Waals surface area contributed by atoms with Crippen LogP contribution in [0.3, 0.4) is 0 Å². The third-order valence-corrected chi connectivity index (χ3v) is 15.1. The van der Waals surface area contributed by atoms with Crippen molar-refractivity contribution in [1.82, 2.24) is 10.2 Å². The number of carbonyl (C=O) groups is 2. The van der Waals surface area contributed by atoms with Crippen LogP contribution in [-0.2, 0) is 20.7 Å². The van der Waals surface area contributed by atoms with Gasteiger partial charge in [0.2, 0.25) is 5.91 Å². The minimum Gasteiger partial charge on any atom is -0.369 e. The topological polar surface area (TPSA) is 58.6 Å². The lowest BCUT2D eigenvalue weighted by atomic mass is 9.47. The second-order valence-electron chi connectivity index (χ2n) is 16.6. The molecule has 2 aliphatic heterocycles. The largest absolute Gasteiger partial charge is 0.369 e. The molecule has 3 spiro atoms. The van der Waals surface area contributed by atoms with Crippen LogP contribution in [0.25, 0.3) is 0 Å². The molecule has 5 heteroatoms. The quantitative estimate of drug-likeness (QED) is 0.440. The number of carbonyl (C=O) groups excluding carboxylic acids is 2. The SMILES string of the molecule is C[C@H]1C[C@H]2O[C@@]34CC[C@H]5[C@@H]6CCC7=CC(=O)CCC7(C)[C@H]6CC56CC63C[C@@H]4[C@@H]2N(CCNC(=O)CCc2ccccc2)C1. The molecule has 2 heterocycles. The molecule has 43 heavy (non-hydrogen) atoms. The van der Waals surface area contributed by atoms with Gasteiger partial charge < -0.3 is 10.1 Å². The molecule has 230 valence electrons. The first-order valence-corrected chi connectivity index (χ1v) is 17.8. The van der Waals surface area contributed by atoms with Gasteiger partial charge in [-0.1, -0.05) is 49.8 Å². The van der Waals surface area contributed by atoms with Crippen LogP contribution in [0.15, 0.2) is 42.0 Å². The fourth-order valence-corrected chi connectivity index (χ4v) is 13.4. The van der Waals surface area contributed by atoms with Gasteiger partial charge in [-0.25, -0.2) is 0 Å². The summed E-state index contributed by atoms with van der Waals surface area (Å²) in [4.78, 5) is 27.7. The van der Waals surface area contributed by atoms with Gasteiger partial charge in [-0.05, 0) is 110 Å². The predicted molar refractivity (Wildman–Crippen MR) is 166 cm³/mol. The van der Waals surface area contributed by atoms with Crippen molar-refractivity contribution in [1.29, 1.82) is 0 Å². The Labute approximate surface area is 257 Å². The Hall–Kier alpha value is -1.98. The number of fused-ring (bicyclic) bond motifs is 6. The Morgan fingerprint density at radius 1 is 1.07 bits per heavy atom. The lowest BCUT2D eigenvalue weighted by Crippen LogP contribution is -2.64. The average Bonchev–Trinajstić information content (AvgIpc) is 3.48. The van der Waals surface area contributed by atoms with Crippen LogP contribution in [0.4, 0.5) is 0 Å². The van der Waals surface area contributed by atoms with Crippen LogP contribution >= 0.6 is 0 Å². The predicted octanol–water partition coefficient (Wildman–Crippen LogP) is 6.12. The van der Waals surface area contributed by atoms with Gasteiger partial charge in [-0.3, -0.25) is 14.5 Å². The van der Waals surface area contributed by atoms with Crippen LogP contribution < -0.4 is 5.32 Å². The zero-order valence-corrected chi connectivity index (χ0v) is 26.3. The molecule has 7 fully saturated rings. The molecule has 6 aliphatic carbocycles. The molecule has 1 amide bonds. The first-order chi connectivity index (χ1) is 20.8. The molecule has 5 saturated carbocycles. The highest BCUT2D eigenvalue weighted by Crippen LogP contribution is 2.93. The van der Waals surface area contributed by atoms with Gasteiger partial charge >= 0.3 is 0 Å². The van der Waals surface area contributed by atoms with Gasteiger partial charge in [0.25, 0.3) is 0 Å². The van der Waals surface area contributed by atoms with Gasteiger partial charge in [0.1, 0.15) is 0 Å². The van der Waals surface area contributed by atoms with E-state index < -0.39 is 0 Å². The number of ketones is 1. The zero-order chi connectivity index (χ0) is 29.2. The van der Waals surface area contributed by atoms with Crippen LogP contribution in [0.5, 0.6) is 0 Å². The maximum absolute atomic E-state index is 12.7. The fraction of sp³-hybridized carbons (Fsp3) is 0.737. The van der Waals surface area contributed by atoms with Crippen LogP contribution in [0, 0.1) is 45.8 Å². The summed E-state index contributed by atoms with van der Waals surface area (Å²) in [5.74, 6) is 4.35. The maximum Gasteiger partial charge on any atom is 0.220 e. The second-order valence-corrected chi connectivity index (χ2v) is 16.6. The van der Waals surface area contributed by atoms with Gasteiger partial charge in [-0.15, -0.1) is 0 Å². The van der Waals surface area contributed by atoms with Crippen molar-refractivity contribution in [3.05, 3.63) is 47.5 Å². The monoisotopic (exact) mass is 582 g/mol. The maximum atomic E-state index is 12.7. The average molecular weight is 583 g/mol. The van der Waals surface area contributed by atoms with Gasteiger partial charge in [0.15, 0.2) is 5.78 Å². The normalized spacial score (nSPS) is 48.7. The van der Waals surface area contributed by atoms with Crippen molar-refractivity contribution in [2.75, 3.05) is 19.6 Å². The second kappa shape index (κ2) is 9.28. The number of allylic oxidation sites excluding steroid dienone is 2. The number of rotatable bonds is 6.